The van der Waals surface area contributed by atoms with Gasteiger partial charge in [0.1, 0.15) is 0 Å². The molecule has 0 bridgehead atoms. The van der Waals surface area contributed by atoms with Crippen LogP contribution >= 0.6 is 0 Å². The number of aromatic nitrogens is 2. The first-order valence-electron chi connectivity index (χ1n) is 8.89. The molecule has 0 radical (unpaired) electrons. The highest BCUT2D eigenvalue weighted by atomic mass is 16.7. The molecule has 0 unspecified atom stereocenters. The van der Waals surface area contributed by atoms with E-state index >= 15 is 0 Å². The topological polar surface area (TPSA) is 85.4 Å². The highest BCUT2D eigenvalue weighted by Crippen LogP contribution is 2.34. The lowest BCUT2D eigenvalue weighted by Crippen LogP contribution is -2.14. The van der Waals surface area contributed by atoms with E-state index in [1.807, 2.05) is 13.8 Å². The molecule has 7 nitrogen and oxygen atoms in total. The van der Waals surface area contributed by atoms with E-state index in [4.69, 9.17) is 9.47 Å². The third kappa shape index (κ3) is 3.59. The van der Waals surface area contributed by atoms with Gasteiger partial charge < -0.3 is 20.1 Å². The number of amides is 1. The molecular weight excluding hydrogens is 356 g/mol. The van der Waals surface area contributed by atoms with Crippen molar-refractivity contribution in [1.82, 2.24) is 10.2 Å². The zero-order chi connectivity index (χ0) is 19.7. The number of nitrogens with one attached hydrogen (secondary N) is 2. The van der Waals surface area contributed by atoms with Gasteiger partial charge in [0.15, 0.2) is 23.0 Å². The molecule has 0 spiro atoms. The third-order valence-electron chi connectivity index (χ3n) is 4.46. The first-order valence-corrected chi connectivity index (χ1v) is 8.89. The smallest absolute Gasteiger partial charge is 0.276 e. The van der Waals surface area contributed by atoms with Crippen LogP contribution in [0.15, 0.2) is 42.5 Å². The minimum atomic E-state index is -0.347. The molecule has 2 heterocycles. The van der Waals surface area contributed by atoms with E-state index in [1.54, 1.807) is 30.3 Å². The van der Waals surface area contributed by atoms with Crippen LogP contribution < -0.4 is 20.1 Å². The molecule has 0 atom stereocenters. The van der Waals surface area contributed by atoms with E-state index in [2.05, 4.69) is 39.9 Å². The number of carbonyl (C=O) groups excluding carboxylic acids is 1. The van der Waals surface area contributed by atoms with Crippen molar-refractivity contribution >= 4 is 23.1 Å². The summed E-state index contributed by atoms with van der Waals surface area (Å²) < 4.78 is 10.6. The molecule has 1 aliphatic heterocycles. The molecule has 0 saturated heterocycles. The van der Waals surface area contributed by atoms with Gasteiger partial charge in [-0.3, -0.25) is 4.79 Å². The Bertz CT molecular complexity index is 1030. The summed E-state index contributed by atoms with van der Waals surface area (Å²) in [4.78, 5) is 12.4. The van der Waals surface area contributed by atoms with Crippen LogP contribution in [0.3, 0.4) is 0 Å². The number of aryl methyl sites for hydroxylation is 3. The van der Waals surface area contributed by atoms with Crippen molar-refractivity contribution in [2.45, 2.75) is 20.8 Å². The first kappa shape index (κ1) is 17.8. The molecule has 28 heavy (non-hydrogen) atoms. The Morgan fingerprint density at radius 3 is 2.39 bits per heavy atom. The SMILES string of the molecule is Cc1cc(C)c(Nc2ccc(C(=O)Nc3ccc4c(c3)OCO4)nn2)c(C)c1. The van der Waals surface area contributed by atoms with Crippen molar-refractivity contribution in [2.24, 2.45) is 0 Å². The van der Waals surface area contributed by atoms with Crippen LogP contribution in [0, 0.1) is 20.8 Å². The van der Waals surface area contributed by atoms with Crippen LogP contribution in [-0.4, -0.2) is 22.9 Å². The first-order chi connectivity index (χ1) is 13.5. The molecule has 0 fully saturated rings. The Labute approximate surface area is 162 Å². The molecule has 1 amide bonds. The van der Waals surface area contributed by atoms with E-state index in [9.17, 15) is 4.79 Å². The Morgan fingerprint density at radius 1 is 0.929 bits per heavy atom. The van der Waals surface area contributed by atoms with E-state index in [0.29, 0.717) is 23.0 Å². The fourth-order valence-corrected chi connectivity index (χ4v) is 3.19. The largest absolute Gasteiger partial charge is 0.454 e. The van der Waals surface area contributed by atoms with E-state index in [0.717, 1.165) is 16.8 Å². The molecule has 4 rings (SSSR count). The highest BCUT2D eigenvalue weighted by molar-refractivity contribution is 6.03. The average Bonchev–Trinajstić information content (AvgIpc) is 3.13. The normalized spacial score (nSPS) is 12.0. The number of rotatable bonds is 4. The predicted octanol–water partition coefficient (Wildman–Crippen LogP) is 4.13. The van der Waals surface area contributed by atoms with Crippen molar-refractivity contribution in [3.63, 3.8) is 0 Å². The molecule has 0 aliphatic carbocycles. The fourth-order valence-electron chi connectivity index (χ4n) is 3.19. The lowest BCUT2D eigenvalue weighted by atomic mass is 10.1. The van der Waals surface area contributed by atoms with Crippen molar-refractivity contribution in [1.29, 1.82) is 0 Å². The van der Waals surface area contributed by atoms with Gasteiger partial charge in [-0.05, 0) is 56.2 Å². The molecule has 7 heteroatoms. The van der Waals surface area contributed by atoms with Gasteiger partial charge in [0.2, 0.25) is 6.79 Å². The molecule has 0 saturated carbocycles. The van der Waals surface area contributed by atoms with Crippen LogP contribution in [0.25, 0.3) is 0 Å². The zero-order valence-electron chi connectivity index (χ0n) is 15.9. The van der Waals surface area contributed by atoms with Gasteiger partial charge in [0.05, 0.1) is 0 Å². The van der Waals surface area contributed by atoms with Crippen LogP contribution in [0.5, 0.6) is 11.5 Å². The number of fused-ring (bicyclic) bond motifs is 1. The Morgan fingerprint density at radius 2 is 1.68 bits per heavy atom. The zero-order valence-corrected chi connectivity index (χ0v) is 15.9. The van der Waals surface area contributed by atoms with Gasteiger partial charge in [-0.25, -0.2) is 0 Å². The number of anilines is 3. The minimum Gasteiger partial charge on any atom is -0.454 e. The average molecular weight is 376 g/mol. The maximum Gasteiger partial charge on any atom is 0.276 e. The molecular formula is C21H20N4O3. The summed E-state index contributed by atoms with van der Waals surface area (Å²) in [6.45, 7) is 6.34. The van der Waals surface area contributed by atoms with Gasteiger partial charge in [-0.15, -0.1) is 10.2 Å². The maximum absolute atomic E-state index is 12.4. The molecule has 2 N–H and O–H groups in total. The summed E-state index contributed by atoms with van der Waals surface area (Å²) in [6, 6.07) is 12.8. The van der Waals surface area contributed by atoms with Gasteiger partial charge in [0.25, 0.3) is 5.91 Å². The van der Waals surface area contributed by atoms with Crippen LogP contribution in [0.2, 0.25) is 0 Å². The number of nitrogens with zero attached hydrogens (tertiary/aromatic N) is 2. The van der Waals surface area contributed by atoms with E-state index in [-0.39, 0.29) is 18.4 Å². The molecule has 3 aromatic rings. The number of hydrogen-bond acceptors (Lipinski definition) is 6. The van der Waals surface area contributed by atoms with E-state index < -0.39 is 0 Å². The number of benzene rings is 2. The van der Waals surface area contributed by atoms with Crippen molar-refractivity contribution in [3.8, 4) is 11.5 Å². The summed E-state index contributed by atoms with van der Waals surface area (Å²) in [6.07, 6.45) is 0. The van der Waals surface area contributed by atoms with Crippen molar-refractivity contribution in [2.75, 3.05) is 17.4 Å². The van der Waals surface area contributed by atoms with Gasteiger partial charge in [-0.1, -0.05) is 17.7 Å². The summed E-state index contributed by atoms with van der Waals surface area (Å²) >= 11 is 0. The van der Waals surface area contributed by atoms with E-state index in [1.165, 1.54) is 5.56 Å². The van der Waals surface area contributed by atoms with Gasteiger partial charge in [0, 0.05) is 17.4 Å². The predicted molar refractivity (Wildman–Crippen MR) is 106 cm³/mol. The lowest BCUT2D eigenvalue weighted by molar-refractivity contribution is 0.102. The molecule has 1 aliphatic rings. The quantitative estimate of drug-likeness (QED) is 0.712. The second-order valence-corrected chi connectivity index (χ2v) is 6.72. The standard InChI is InChI=1S/C21H20N4O3/c1-12-8-13(2)20(14(3)9-12)23-19-7-5-16(24-25-19)21(26)22-15-4-6-17-18(10-15)28-11-27-17/h4-10H,11H2,1-3H3,(H,22,26)(H,23,25). The van der Waals surface area contributed by atoms with Crippen molar-refractivity contribution < 1.29 is 14.3 Å². The third-order valence-corrected chi connectivity index (χ3v) is 4.46. The number of hydrogen-bond donors (Lipinski definition) is 2. The number of ether oxygens (including phenoxy) is 2. The number of carbonyl (C=O) groups is 1. The molecule has 142 valence electrons. The van der Waals surface area contributed by atoms with Crippen LogP contribution in [0.1, 0.15) is 27.2 Å². The van der Waals surface area contributed by atoms with Crippen LogP contribution in [0.4, 0.5) is 17.2 Å². The fraction of sp³-hybridized carbons (Fsp3) is 0.190. The van der Waals surface area contributed by atoms with Gasteiger partial charge in [-0.2, -0.15) is 0 Å². The Kier molecular flexibility index (Phi) is 4.57. The van der Waals surface area contributed by atoms with Crippen LogP contribution in [-0.2, 0) is 0 Å². The Balaban J connectivity index is 1.46. The second-order valence-electron chi connectivity index (χ2n) is 6.72. The second kappa shape index (κ2) is 7.19. The summed E-state index contributed by atoms with van der Waals surface area (Å²) in [5, 5.41) is 14.2. The minimum absolute atomic E-state index is 0.187. The monoisotopic (exact) mass is 376 g/mol. The lowest BCUT2D eigenvalue weighted by Gasteiger charge is -2.13. The molecule has 1 aromatic heterocycles. The summed E-state index contributed by atoms with van der Waals surface area (Å²) in [5.41, 5.74) is 5.29. The highest BCUT2D eigenvalue weighted by Gasteiger charge is 2.15. The van der Waals surface area contributed by atoms with Gasteiger partial charge >= 0.3 is 0 Å². The maximum atomic E-state index is 12.4. The summed E-state index contributed by atoms with van der Waals surface area (Å²) in [7, 11) is 0. The Hall–Kier alpha value is -3.61. The molecule has 2 aromatic carbocycles. The summed E-state index contributed by atoms with van der Waals surface area (Å²) in [5.74, 6) is 1.50. The van der Waals surface area contributed by atoms with Crippen molar-refractivity contribution in [3.05, 3.63) is 64.8 Å².